The van der Waals surface area contributed by atoms with Crippen molar-refractivity contribution in [2.24, 2.45) is 0 Å². The molecule has 0 aliphatic heterocycles. The molecule has 114 valence electrons. The maximum absolute atomic E-state index is 12.1. The highest BCUT2D eigenvalue weighted by Crippen LogP contribution is 2.13. The number of nitrogens with zero attached hydrogens (tertiary/aromatic N) is 6. The van der Waals surface area contributed by atoms with Crippen LogP contribution in [0, 0.1) is 0 Å². The number of aryl methyl sites for hydroxylation is 1. The van der Waals surface area contributed by atoms with Crippen molar-refractivity contribution in [2.75, 3.05) is 13.6 Å². The third-order valence-electron chi connectivity index (χ3n) is 3.39. The van der Waals surface area contributed by atoms with Crippen molar-refractivity contribution in [3.8, 4) is 0 Å². The van der Waals surface area contributed by atoms with E-state index in [0.29, 0.717) is 19.4 Å². The second-order valence-corrected chi connectivity index (χ2v) is 6.02. The van der Waals surface area contributed by atoms with Crippen LogP contribution in [-0.2, 0) is 17.6 Å². The van der Waals surface area contributed by atoms with Crippen molar-refractivity contribution < 1.29 is 4.79 Å². The minimum Gasteiger partial charge on any atom is -0.345 e. The fraction of sp³-hybridized carbons (Fsp3) is 0.357. The van der Waals surface area contributed by atoms with Gasteiger partial charge in [-0.1, -0.05) is 11.3 Å². The van der Waals surface area contributed by atoms with Crippen molar-refractivity contribution in [3.63, 3.8) is 0 Å². The van der Waals surface area contributed by atoms with Gasteiger partial charge in [0.25, 0.3) is 0 Å². The van der Waals surface area contributed by atoms with Gasteiger partial charge < -0.3 is 4.90 Å². The number of hydrogen-bond acceptors (Lipinski definition) is 6. The fourth-order valence-corrected chi connectivity index (χ4v) is 2.89. The molecule has 22 heavy (non-hydrogen) atoms. The van der Waals surface area contributed by atoms with E-state index >= 15 is 0 Å². The Morgan fingerprint density at radius 2 is 2.14 bits per heavy atom. The molecule has 0 aromatic carbocycles. The van der Waals surface area contributed by atoms with Crippen LogP contribution in [0.1, 0.15) is 17.0 Å². The van der Waals surface area contributed by atoms with E-state index in [1.807, 2.05) is 19.2 Å². The monoisotopic (exact) mass is 316 g/mol. The van der Waals surface area contributed by atoms with Crippen LogP contribution in [0.5, 0.6) is 0 Å². The van der Waals surface area contributed by atoms with Crippen LogP contribution in [0.2, 0.25) is 0 Å². The Kier molecular flexibility index (Phi) is 4.38. The van der Waals surface area contributed by atoms with E-state index in [2.05, 4.69) is 20.3 Å². The summed E-state index contributed by atoms with van der Waals surface area (Å²) < 4.78 is 1.64. The van der Waals surface area contributed by atoms with Gasteiger partial charge in [0.15, 0.2) is 0 Å². The number of pyridine rings is 1. The molecule has 8 heteroatoms. The highest BCUT2D eigenvalue weighted by molar-refractivity contribution is 7.16. The van der Waals surface area contributed by atoms with Crippen LogP contribution in [0.25, 0.3) is 4.96 Å². The predicted molar refractivity (Wildman–Crippen MR) is 82.6 cm³/mol. The summed E-state index contributed by atoms with van der Waals surface area (Å²) in [6.07, 6.45) is 7.03. The van der Waals surface area contributed by atoms with E-state index < -0.39 is 0 Å². The number of carbonyl (C=O) groups excluding carboxylic acids is 1. The van der Waals surface area contributed by atoms with Gasteiger partial charge in [0.1, 0.15) is 11.3 Å². The predicted octanol–water partition coefficient (Wildman–Crippen LogP) is 1.21. The minimum absolute atomic E-state index is 0.125. The summed E-state index contributed by atoms with van der Waals surface area (Å²) in [6, 6.07) is 3.94. The molecule has 3 aromatic rings. The molecule has 7 nitrogen and oxygen atoms in total. The first-order valence-electron chi connectivity index (χ1n) is 7.01. The third-order valence-corrected chi connectivity index (χ3v) is 4.37. The minimum atomic E-state index is 0.125. The Bertz CT molecular complexity index is 724. The average molecular weight is 316 g/mol. The van der Waals surface area contributed by atoms with Gasteiger partial charge in [-0.3, -0.25) is 9.78 Å². The van der Waals surface area contributed by atoms with Gasteiger partial charge in [-0.05, 0) is 24.1 Å². The maximum atomic E-state index is 12.1. The molecule has 0 spiro atoms. The highest BCUT2D eigenvalue weighted by Gasteiger charge is 2.11. The molecule has 0 saturated heterocycles. The lowest BCUT2D eigenvalue weighted by Crippen LogP contribution is -2.29. The third kappa shape index (κ3) is 3.45. The maximum Gasteiger partial charge on any atom is 0.234 e. The lowest BCUT2D eigenvalue weighted by Gasteiger charge is -2.16. The van der Waals surface area contributed by atoms with Gasteiger partial charge >= 0.3 is 0 Å². The van der Waals surface area contributed by atoms with Crippen LogP contribution in [-0.4, -0.2) is 49.2 Å². The van der Waals surface area contributed by atoms with Crippen molar-refractivity contribution in [1.29, 1.82) is 0 Å². The Labute approximate surface area is 131 Å². The van der Waals surface area contributed by atoms with Crippen LogP contribution >= 0.6 is 11.3 Å². The van der Waals surface area contributed by atoms with E-state index in [1.165, 1.54) is 16.9 Å². The van der Waals surface area contributed by atoms with Crippen LogP contribution in [0.3, 0.4) is 0 Å². The first kappa shape index (κ1) is 14.6. The molecule has 0 fully saturated rings. The molecule has 0 radical (unpaired) electrons. The second-order valence-electron chi connectivity index (χ2n) is 4.97. The Morgan fingerprint density at radius 3 is 2.91 bits per heavy atom. The molecule has 3 rings (SSSR count). The summed E-state index contributed by atoms with van der Waals surface area (Å²) in [5.41, 5.74) is 1.18. The zero-order valence-corrected chi connectivity index (χ0v) is 13.0. The summed E-state index contributed by atoms with van der Waals surface area (Å²) in [5, 5.41) is 12.9. The van der Waals surface area contributed by atoms with Gasteiger partial charge in [-0.2, -0.15) is 9.61 Å². The Balaban J connectivity index is 1.47. The van der Waals surface area contributed by atoms with Gasteiger partial charge in [0, 0.05) is 38.8 Å². The molecular weight excluding hydrogens is 300 g/mol. The van der Waals surface area contributed by atoms with Crippen molar-refractivity contribution >= 4 is 22.2 Å². The molecule has 0 unspecified atom stereocenters. The highest BCUT2D eigenvalue weighted by atomic mass is 32.1. The molecule has 3 aromatic heterocycles. The first-order chi connectivity index (χ1) is 10.7. The molecular formula is C14H16N6OS. The summed E-state index contributed by atoms with van der Waals surface area (Å²) in [7, 11) is 1.84. The quantitative estimate of drug-likeness (QED) is 0.683. The molecule has 0 aliphatic carbocycles. The molecule has 3 heterocycles. The summed E-state index contributed by atoms with van der Waals surface area (Å²) in [6.45, 7) is 0.702. The number of carbonyl (C=O) groups is 1. The van der Waals surface area contributed by atoms with E-state index in [0.717, 1.165) is 16.4 Å². The molecule has 0 aliphatic rings. The SMILES string of the molecule is CN(CCc1ccncc1)C(=O)CCc1nn2cnnc2s1. The summed E-state index contributed by atoms with van der Waals surface area (Å²) >= 11 is 1.47. The smallest absolute Gasteiger partial charge is 0.234 e. The lowest BCUT2D eigenvalue weighted by molar-refractivity contribution is -0.129. The van der Waals surface area contributed by atoms with E-state index in [4.69, 9.17) is 0 Å². The molecule has 0 saturated carbocycles. The zero-order chi connectivity index (χ0) is 15.4. The van der Waals surface area contributed by atoms with Crippen LogP contribution in [0.15, 0.2) is 30.9 Å². The lowest BCUT2D eigenvalue weighted by atomic mass is 10.2. The number of aromatic nitrogens is 5. The fourth-order valence-electron chi connectivity index (χ4n) is 2.08. The van der Waals surface area contributed by atoms with Gasteiger partial charge in [0.05, 0.1) is 0 Å². The number of fused-ring (bicyclic) bond motifs is 1. The van der Waals surface area contributed by atoms with E-state index in [1.54, 1.807) is 28.1 Å². The molecule has 0 atom stereocenters. The van der Waals surface area contributed by atoms with Crippen molar-refractivity contribution in [1.82, 2.24) is 29.7 Å². The number of rotatable bonds is 6. The standard InChI is InChI=1S/C14H16N6OS/c1-19(9-6-11-4-7-15-8-5-11)13(21)3-2-12-18-20-10-16-17-14(20)22-12/h4-5,7-8,10H,2-3,6,9H2,1H3. The van der Waals surface area contributed by atoms with Gasteiger partial charge in [-0.25, -0.2) is 0 Å². The van der Waals surface area contributed by atoms with E-state index in [-0.39, 0.29) is 5.91 Å². The molecule has 0 N–H and O–H groups in total. The van der Waals surface area contributed by atoms with E-state index in [9.17, 15) is 4.79 Å². The zero-order valence-electron chi connectivity index (χ0n) is 12.2. The van der Waals surface area contributed by atoms with Gasteiger partial charge in [-0.15, -0.1) is 10.2 Å². The Morgan fingerprint density at radius 1 is 1.32 bits per heavy atom. The normalized spacial score (nSPS) is 11.0. The second kappa shape index (κ2) is 6.61. The van der Waals surface area contributed by atoms with Crippen molar-refractivity contribution in [2.45, 2.75) is 19.3 Å². The summed E-state index contributed by atoms with van der Waals surface area (Å²) in [5.74, 6) is 0.125. The van der Waals surface area contributed by atoms with Crippen LogP contribution < -0.4 is 0 Å². The number of likely N-dealkylation sites (N-methyl/N-ethyl adjacent to an activating group) is 1. The number of hydrogen-bond donors (Lipinski definition) is 0. The number of amides is 1. The van der Waals surface area contributed by atoms with Gasteiger partial charge in [0.2, 0.25) is 10.9 Å². The largest absolute Gasteiger partial charge is 0.345 e. The van der Waals surface area contributed by atoms with Crippen molar-refractivity contribution in [3.05, 3.63) is 41.4 Å². The average Bonchev–Trinajstić information content (AvgIpc) is 3.12. The first-order valence-corrected chi connectivity index (χ1v) is 7.82. The summed E-state index contributed by atoms with van der Waals surface area (Å²) in [4.78, 5) is 18.7. The molecule has 0 bridgehead atoms. The topological polar surface area (TPSA) is 76.3 Å². The molecule has 1 amide bonds. The van der Waals surface area contributed by atoms with Crippen LogP contribution in [0.4, 0.5) is 0 Å². The Hall–Kier alpha value is -2.35.